The van der Waals surface area contributed by atoms with E-state index < -0.39 is 0 Å². The number of fused-ring (bicyclic) bond motifs is 7. The smallest absolute Gasteiger partial charge is 0.0469 e. The number of hydrogen-bond acceptors (Lipinski definition) is 1. The van der Waals surface area contributed by atoms with Gasteiger partial charge in [0.05, 0.1) is 0 Å². The summed E-state index contributed by atoms with van der Waals surface area (Å²) in [5, 5.41) is 4.04. The molecule has 5 rings (SSSR count). The fraction of sp³-hybridized carbons (Fsp3) is 0.100. The summed E-state index contributed by atoms with van der Waals surface area (Å²) in [5.74, 6) is 1.13. The summed E-state index contributed by atoms with van der Waals surface area (Å²) in [6.07, 6.45) is 1.09. The molecule has 1 N–H and O–H groups in total. The molecule has 0 radical (unpaired) electrons. The quantitative estimate of drug-likeness (QED) is 0.444. The summed E-state index contributed by atoms with van der Waals surface area (Å²) in [7, 11) is 0. The Morgan fingerprint density at radius 1 is 0.864 bits per heavy atom. The number of aromatic amines is 1. The number of thioether (sulfide) groups is 1. The summed E-state index contributed by atoms with van der Waals surface area (Å²) >= 11 is 1.96. The van der Waals surface area contributed by atoms with E-state index >= 15 is 0 Å². The maximum absolute atomic E-state index is 3.68. The summed E-state index contributed by atoms with van der Waals surface area (Å²) in [6.45, 7) is 0. The molecule has 0 saturated heterocycles. The highest BCUT2D eigenvalue weighted by Crippen LogP contribution is 2.43. The third-order valence-electron chi connectivity index (χ3n) is 4.53. The van der Waals surface area contributed by atoms with Crippen molar-refractivity contribution in [1.82, 2.24) is 4.98 Å². The second-order valence-electron chi connectivity index (χ2n) is 5.78. The molecular weight excluding hydrogens is 286 g/mol. The Labute approximate surface area is 133 Å². The second-order valence-corrected chi connectivity index (χ2v) is 6.92. The van der Waals surface area contributed by atoms with E-state index in [-0.39, 0.29) is 0 Å². The molecule has 0 unspecified atom stereocenters. The van der Waals surface area contributed by atoms with E-state index in [1.54, 1.807) is 0 Å². The summed E-state index contributed by atoms with van der Waals surface area (Å²) in [4.78, 5) is 5.07. The Morgan fingerprint density at radius 2 is 1.73 bits per heavy atom. The molecule has 0 saturated carbocycles. The largest absolute Gasteiger partial charge is 0.358 e. The fourth-order valence-electron chi connectivity index (χ4n) is 3.57. The van der Waals surface area contributed by atoms with E-state index in [1.807, 2.05) is 11.8 Å². The fourth-order valence-corrected chi connectivity index (χ4v) is 4.59. The third-order valence-corrected chi connectivity index (χ3v) is 5.61. The third kappa shape index (κ3) is 1.68. The van der Waals surface area contributed by atoms with Crippen molar-refractivity contribution in [2.24, 2.45) is 0 Å². The molecule has 4 aromatic rings. The van der Waals surface area contributed by atoms with Crippen LogP contribution in [0.15, 0.2) is 65.6 Å². The van der Waals surface area contributed by atoms with Crippen molar-refractivity contribution < 1.29 is 0 Å². The van der Waals surface area contributed by atoms with Crippen LogP contribution in [0.5, 0.6) is 0 Å². The Kier molecular flexibility index (Phi) is 2.61. The van der Waals surface area contributed by atoms with Crippen molar-refractivity contribution in [3.8, 4) is 11.1 Å². The van der Waals surface area contributed by atoms with Crippen LogP contribution in [0.2, 0.25) is 0 Å². The van der Waals surface area contributed by atoms with Crippen LogP contribution in [0.25, 0.3) is 32.8 Å². The normalized spacial score (nSPS) is 13.8. The minimum atomic E-state index is 1.09. The Balaban J connectivity index is 2.00. The molecule has 2 heteroatoms. The monoisotopic (exact) mass is 301 g/mol. The zero-order valence-corrected chi connectivity index (χ0v) is 12.9. The molecule has 1 aromatic heterocycles. The van der Waals surface area contributed by atoms with Gasteiger partial charge in [0.15, 0.2) is 0 Å². The van der Waals surface area contributed by atoms with Crippen molar-refractivity contribution in [3.63, 3.8) is 0 Å². The molecule has 0 spiro atoms. The molecule has 0 aliphatic carbocycles. The highest BCUT2D eigenvalue weighted by atomic mass is 32.2. The van der Waals surface area contributed by atoms with Gasteiger partial charge in [0.25, 0.3) is 0 Å². The van der Waals surface area contributed by atoms with Crippen molar-refractivity contribution in [3.05, 3.63) is 66.4 Å². The molecule has 0 fully saturated rings. The van der Waals surface area contributed by atoms with Crippen molar-refractivity contribution in [2.45, 2.75) is 11.3 Å². The topological polar surface area (TPSA) is 15.8 Å². The average Bonchev–Trinajstić information content (AvgIpc) is 2.84. The molecule has 2 heterocycles. The number of benzene rings is 3. The molecular formula is C20H15NS. The van der Waals surface area contributed by atoms with Gasteiger partial charge in [0.1, 0.15) is 0 Å². The van der Waals surface area contributed by atoms with Gasteiger partial charge in [0.2, 0.25) is 0 Å². The number of nitrogens with one attached hydrogen (secondary N) is 1. The maximum atomic E-state index is 3.68. The summed E-state index contributed by atoms with van der Waals surface area (Å²) in [5.41, 5.74) is 5.42. The van der Waals surface area contributed by atoms with Crippen LogP contribution in [0.3, 0.4) is 0 Å². The highest BCUT2D eigenvalue weighted by molar-refractivity contribution is 7.99. The number of hydrogen-bond donors (Lipinski definition) is 1. The van der Waals surface area contributed by atoms with Crippen LogP contribution >= 0.6 is 11.8 Å². The van der Waals surface area contributed by atoms with Crippen LogP contribution in [-0.2, 0) is 6.42 Å². The van der Waals surface area contributed by atoms with Crippen LogP contribution in [0.4, 0.5) is 0 Å². The number of rotatable bonds is 0. The van der Waals surface area contributed by atoms with Crippen molar-refractivity contribution in [2.75, 3.05) is 5.75 Å². The molecule has 1 nitrogen and oxygen atoms in total. The van der Waals surface area contributed by atoms with E-state index in [0.717, 1.165) is 12.2 Å². The van der Waals surface area contributed by atoms with Gasteiger partial charge in [-0.2, -0.15) is 0 Å². The van der Waals surface area contributed by atoms with E-state index in [2.05, 4.69) is 65.6 Å². The first kappa shape index (κ1) is 12.4. The lowest BCUT2D eigenvalue weighted by Gasteiger charge is -2.07. The number of aromatic nitrogens is 1. The van der Waals surface area contributed by atoms with Crippen LogP contribution in [0, 0.1) is 0 Å². The minimum absolute atomic E-state index is 1.09. The first-order chi connectivity index (χ1) is 10.9. The van der Waals surface area contributed by atoms with Gasteiger partial charge in [-0.05, 0) is 34.9 Å². The van der Waals surface area contributed by atoms with Gasteiger partial charge in [-0.1, -0.05) is 48.5 Å². The molecule has 106 valence electrons. The van der Waals surface area contributed by atoms with E-state index in [4.69, 9.17) is 0 Å². The maximum Gasteiger partial charge on any atom is 0.0469 e. The first-order valence-corrected chi connectivity index (χ1v) is 8.65. The number of aryl methyl sites for hydroxylation is 1. The van der Waals surface area contributed by atoms with E-state index in [9.17, 15) is 0 Å². The average molecular weight is 301 g/mol. The molecule has 0 atom stereocenters. The standard InChI is InChI=1S/C20H15NS/c1-2-6-14-13(5-1)9-10-16-19(14)20-15-7-3-4-8-18(15)22-12-11-17(20)21-16/h1-10,21H,11-12H2. The Hall–Kier alpha value is -2.19. The summed E-state index contributed by atoms with van der Waals surface area (Å²) in [6, 6.07) is 21.9. The van der Waals surface area contributed by atoms with E-state index in [0.29, 0.717) is 0 Å². The van der Waals surface area contributed by atoms with Crippen LogP contribution in [0.1, 0.15) is 5.69 Å². The zero-order valence-electron chi connectivity index (χ0n) is 12.1. The molecule has 22 heavy (non-hydrogen) atoms. The van der Waals surface area contributed by atoms with Gasteiger partial charge < -0.3 is 4.98 Å². The van der Waals surface area contributed by atoms with Gasteiger partial charge in [-0.25, -0.2) is 0 Å². The van der Waals surface area contributed by atoms with Gasteiger partial charge in [-0.15, -0.1) is 11.8 Å². The predicted octanol–water partition coefficient (Wildman–Crippen LogP) is 5.64. The highest BCUT2D eigenvalue weighted by Gasteiger charge is 2.20. The zero-order chi connectivity index (χ0) is 14.5. The van der Waals surface area contributed by atoms with Gasteiger partial charge >= 0.3 is 0 Å². The van der Waals surface area contributed by atoms with E-state index in [1.165, 1.54) is 43.4 Å². The lowest BCUT2D eigenvalue weighted by Crippen LogP contribution is -1.87. The molecule has 0 amide bonds. The first-order valence-electron chi connectivity index (χ1n) is 7.66. The van der Waals surface area contributed by atoms with Crippen LogP contribution in [-0.4, -0.2) is 10.7 Å². The lowest BCUT2D eigenvalue weighted by atomic mass is 9.97. The van der Waals surface area contributed by atoms with Crippen molar-refractivity contribution >= 4 is 33.4 Å². The Bertz CT molecular complexity index is 1010. The summed E-state index contributed by atoms with van der Waals surface area (Å²) < 4.78 is 0. The van der Waals surface area contributed by atoms with Gasteiger partial charge in [-0.3, -0.25) is 0 Å². The number of H-pyrrole nitrogens is 1. The van der Waals surface area contributed by atoms with Crippen molar-refractivity contribution in [1.29, 1.82) is 0 Å². The van der Waals surface area contributed by atoms with Gasteiger partial charge in [0, 0.05) is 32.8 Å². The molecule has 1 aliphatic rings. The molecule has 3 aromatic carbocycles. The molecule has 1 aliphatic heterocycles. The molecule has 0 bridgehead atoms. The predicted molar refractivity (Wildman–Crippen MR) is 95.7 cm³/mol. The van der Waals surface area contributed by atoms with Crippen LogP contribution < -0.4 is 0 Å². The SMILES string of the molecule is c1ccc2c(c1)SCCc1[nH]c3ccc4ccccc4c3c1-2. The lowest BCUT2D eigenvalue weighted by molar-refractivity contribution is 1.10. The minimum Gasteiger partial charge on any atom is -0.358 e. The Morgan fingerprint density at radius 3 is 2.73 bits per heavy atom. The second kappa shape index (κ2) is 4.65.